The van der Waals surface area contributed by atoms with Gasteiger partial charge in [0.1, 0.15) is 0 Å². The second-order valence-corrected chi connectivity index (χ2v) is 7.29. The lowest BCUT2D eigenvalue weighted by molar-refractivity contribution is 0.0970. The van der Waals surface area contributed by atoms with Crippen molar-refractivity contribution in [3.8, 4) is 0 Å². The molecule has 2 aliphatic heterocycles. The molecule has 1 unspecified atom stereocenters. The molecular weight excluding hydrogens is 254 g/mol. The van der Waals surface area contributed by atoms with Crippen LogP contribution in [0, 0.1) is 0 Å². The highest BCUT2D eigenvalue weighted by atomic mass is 32.2. The van der Waals surface area contributed by atoms with Crippen molar-refractivity contribution in [1.82, 2.24) is 4.31 Å². The number of rotatable bonds is 5. The zero-order chi connectivity index (χ0) is 13.0. The van der Waals surface area contributed by atoms with E-state index in [2.05, 4.69) is 0 Å². The molecule has 0 amide bonds. The van der Waals surface area contributed by atoms with Crippen molar-refractivity contribution in [3.05, 3.63) is 0 Å². The molecule has 2 aliphatic rings. The fraction of sp³-hybridized carbons (Fsp3) is 1.00. The van der Waals surface area contributed by atoms with Gasteiger partial charge in [-0.05, 0) is 38.5 Å². The van der Waals surface area contributed by atoms with Gasteiger partial charge in [-0.25, -0.2) is 8.42 Å². The van der Waals surface area contributed by atoms with Gasteiger partial charge in [-0.2, -0.15) is 4.31 Å². The average molecular weight is 277 g/mol. The van der Waals surface area contributed by atoms with Crippen molar-refractivity contribution in [2.24, 2.45) is 0 Å². The lowest BCUT2D eigenvalue weighted by atomic mass is 10.1. The molecule has 0 aliphatic carbocycles. The summed E-state index contributed by atoms with van der Waals surface area (Å²) in [6.45, 7) is 1.90. The van der Waals surface area contributed by atoms with Crippen LogP contribution in [0.4, 0.5) is 0 Å². The Hall–Kier alpha value is -0.170. The highest BCUT2D eigenvalue weighted by molar-refractivity contribution is 7.89. The quantitative estimate of drug-likeness (QED) is 0.804. The van der Waals surface area contributed by atoms with E-state index in [-0.39, 0.29) is 17.9 Å². The van der Waals surface area contributed by atoms with Crippen molar-refractivity contribution < 1.29 is 18.3 Å². The summed E-state index contributed by atoms with van der Waals surface area (Å²) in [7, 11) is -3.17. The largest absolute Gasteiger partial charge is 0.396 e. The van der Waals surface area contributed by atoms with Gasteiger partial charge in [-0.1, -0.05) is 0 Å². The van der Waals surface area contributed by atoms with Crippen LogP contribution in [0.25, 0.3) is 0 Å². The molecule has 6 heteroatoms. The third-order valence-corrected chi connectivity index (χ3v) is 6.38. The van der Waals surface area contributed by atoms with E-state index in [1.807, 2.05) is 0 Å². The van der Waals surface area contributed by atoms with Crippen LogP contribution < -0.4 is 0 Å². The number of hydrogen-bond donors (Lipinski definition) is 1. The van der Waals surface area contributed by atoms with Crippen molar-refractivity contribution in [3.63, 3.8) is 0 Å². The molecule has 1 N–H and O–H groups in total. The number of hydrogen-bond acceptors (Lipinski definition) is 4. The van der Waals surface area contributed by atoms with Crippen LogP contribution in [0.15, 0.2) is 0 Å². The Balaban J connectivity index is 2.03. The van der Waals surface area contributed by atoms with Gasteiger partial charge >= 0.3 is 0 Å². The third kappa shape index (κ3) is 3.04. The Bertz CT molecular complexity index is 351. The topological polar surface area (TPSA) is 66.8 Å². The van der Waals surface area contributed by atoms with Gasteiger partial charge in [0.2, 0.25) is 10.0 Å². The fourth-order valence-corrected chi connectivity index (χ4v) is 5.11. The molecule has 0 radical (unpaired) electrons. The molecule has 2 heterocycles. The Morgan fingerprint density at radius 3 is 2.61 bits per heavy atom. The molecule has 0 aromatic carbocycles. The predicted octanol–water partition coefficient (Wildman–Crippen LogP) is 0.732. The Kier molecular flexibility index (Phi) is 5.00. The predicted molar refractivity (Wildman–Crippen MR) is 68.8 cm³/mol. The zero-order valence-corrected chi connectivity index (χ0v) is 11.6. The van der Waals surface area contributed by atoms with Crippen molar-refractivity contribution in [2.75, 3.05) is 26.4 Å². The maximum absolute atomic E-state index is 12.6. The summed E-state index contributed by atoms with van der Waals surface area (Å²) in [5, 5.41) is 8.62. The molecule has 2 saturated heterocycles. The van der Waals surface area contributed by atoms with E-state index < -0.39 is 10.0 Å². The smallest absolute Gasteiger partial charge is 0.217 e. The minimum Gasteiger partial charge on any atom is -0.396 e. The molecule has 0 saturated carbocycles. The van der Waals surface area contributed by atoms with E-state index in [1.165, 1.54) is 0 Å². The first-order valence-corrected chi connectivity index (χ1v) is 8.36. The van der Waals surface area contributed by atoms with Gasteiger partial charge in [-0.3, -0.25) is 0 Å². The first-order chi connectivity index (χ1) is 8.66. The Labute approximate surface area is 109 Å². The van der Waals surface area contributed by atoms with Gasteiger partial charge in [0.25, 0.3) is 0 Å². The molecule has 5 nitrogen and oxygen atoms in total. The van der Waals surface area contributed by atoms with E-state index in [0.29, 0.717) is 39.0 Å². The zero-order valence-electron chi connectivity index (χ0n) is 10.8. The molecule has 0 aromatic heterocycles. The maximum Gasteiger partial charge on any atom is 0.217 e. The molecular formula is C12H23NO4S. The van der Waals surface area contributed by atoms with E-state index in [1.54, 1.807) is 4.31 Å². The van der Waals surface area contributed by atoms with E-state index in [4.69, 9.17) is 9.84 Å². The summed E-state index contributed by atoms with van der Waals surface area (Å²) in [5.74, 6) is 0. The van der Waals surface area contributed by atoms with Crippen LogP contribution >= 0.6 is 0 Å². The first-order valence-electron chi connectivity index (χ1n) is 6.85. The van der Waals surface area contributed by atoms with Crippen LogP contribution in [0.3, 0.4) is 0 Å². The van der Waals surface area contributed by atoms with Crippen LogP contribution in [0.1, 0.15) is 38.5 Å². The number of aliphatic hydroxyl groups is 1. The normalized spacial score (nSPS) is 27.7. The van der Waals surface area contributed by atoms with E-state index in [0.717, 1.165) is 19.3 Å². The lowest BCUT2D eigenvalue weighted by Gasteiger charge is -2.30. The van der Waals surface area contributed by atoms with Gasteiger partial charge in [-0.15, -0.1) is 0 Å². The van der Waals surface area contributed by atoms with Gasteiger partial charge < -0.3 is 9.84 Å². The molecule has 18 heavy (non-hydrogen) atoms. The fourth-order valence-electron chi connectivity index (χ4n) is 2.92. The van der Waals surface area contributed by atoms with Crippen molar-refractivity contribution in [1.29, 1.82) is 0 Å². The Morgan fingerprint density at radius 2 is 1.94 bits per heavy atom. The number of aliphatic hydroxyl groups excluding tert-OH is 1. The Morgan fingerprint density at radius 1 is 1.22 bits per heavy atom. The summed E-state index contributed by atoms with van der Waals surface area (Å²) >= 11 is 0. The highest BCUT2D eigenvalue weighted by Gasteiger charge is 2.39. The first kappa shape index (κ1) is 14.2. The monoisotopic (exact) mass is 277 g/mol. The third-order valence-electron chi connectivity index (χ3n) is 3.94. The minimum absolute atomic E-state index is 0.102. The average Bonchev–Trinajstić information content (AvgIpc) is 2.86. The summed E-state index contributed by atoms with van der Waals surface area (Å²) < 4.78 is 32.1. The molecule has 106 valence electrons. The molecule has 0 aromatic rings. The SMILES string of the molecule is O=S(=O)(C1CCOCC1)N1CCCC1CCCO. The van der Waals surface area contributed by atoms with Gasteiger partial charge in [0, 0.05) is 32.4 Å². The summed E-state index contributed by atoms with van der Waals surface area (Å²) in [6.07, 6.45) is 4.57. The molecule has 2 rings (SSSR count). The maximum atomic E-state index is 12.6. The minimum atomic E-state index is -3.17. The van der Waals surface area contributed by atoms with Crippen LogP contribution in [-0.4, -0.2) is 55.5 Å². The second-order valence-electron chi connectivity index (χ2n) is 5.13. The number of nitrogens with zero attached hydrogens (tertiary/aromatic N) is 1. The molecule has 0 bridgehead atoms. The molecule has 1 atom stereocenters. The second kappa shape index (κ2) is 6.32. The molecule has 0 spiro atoms. The summed E-state index contributed by atoms with van der Waals surface area (Å²) in [6, 6.07) is 0.102. The number of sulfonamides is 1. The van der Waals surface area contributed by atoms with Crippen LogP contribution in [-0.2, 0) is 14.8 Å². The standard InChI is InChI=1S/C12H23NO4S/c14-8-2-4-11-3-1-7-13(11)18(15,16)12-5-9-17-10-6-12/h11-12,14H,1-10H2. The molecule has 2 fully saturated rings. The van der Waals surface area contributed by atoms with Crippen molar-refractivity contribution >= 4 is 10.0 Å². The number of ether oxygens (including phenoxy) is 1. The summed E-state index contributed by atoms with van der Waals surface area (Å²) in [5.41, 5.74) is 0. The van der Waals surface area contributed by atoms with Crippen LogP contribution in [0.5, 0.6) is 0 Å². The van der Waals surface area contributed by atoms with Crippen molar-refractivity contribution in [2.45, 2.75) is 49.8 Å². The van der Waals surface area contributed by atoms with E-state index in [9.17, 15) is 8.42 Å². The lowest BCUT2D eigenvalue weighted by Crippen LogP contribution is -2.43. The highest BCUT2D eigenvalue weighted by Crippen LogP contribution is 2.29. The summed E-state index contributed by atoms with van der Waals surface area (Å²) in [4.78, 5) is 0. The van der Waals surface area contributed by atoms with Crippen LogP contribution in [0.2, 0.25) is 0 Å². The van der Waals surface area contributed by atoms with Gasteiger partial charge in [0.05, 0.1) is 5.25 Å². The van der Waals surface area contributed by atoms with Gasteiger partial charge in [0.15, 0.2) is 0 Å². The van der Waals surface area contributed by atoms with E-state index >= 15 is 0 Å².